The fraction of sp³-hybridized carbons (Fsp3) is 0.154. The van der Waals surface area contributed by atoms with Gasteiger partial charge in [-0.25, -0.2) is 4.98 Å². The molecule has 0 aliphatic heterocycles. The van der Waals surface area contributed by atoms with Crippen molar-refractivity contribution in [3.8, 4) is 11.5 Å². The number of fused-ring (bicyclic) bond motifs is 1. The molecule has 4 heteroatoms. The highest BCUT2D eigenvalue weighted by Crippen LogP contribution is 2.30. The number of aromatic nitrogens is 1. The van der Waals surface area contributed by atoms with E-state index in [0.717, 1.165) is 11.0 Å². The Hall–Kier alpha value is -1.74. The summed E-state index contributed by atoms with van der Waals surface area (Å²) in [6.45, 7) is 2.05. The van der Waals surface area contributed by atoms with E-state index >= 15 is 0 Å². The fourth-order valence-electron chi connectivity index (χ4n) is 1.84. The average molecular weight is 248 g/mol. The Morgan fingerprint density at radius 2 is 2.18 bits per heavy atom. The highest BCUT2D eigenvalue weighted by atomic mass is 35.5. The normalized spacial score (nSPS) is 11.2. The minimum atomic E-state index is 0.307. The maximum absolute atomic E-state index is 5.78. The number of aryl methyl sites for hydroxylation is 1. The molecule has 0 radical (unpaired) electrons. The van der Waals surface area contributed by atoms with E-state index in [9.17, 15) is 0 Å². The zero-order valence-corrected chi connectivity index (χ0v) is 9.99. The van der Waals surface area contributed by atoms with Gasteiger partial charge in [-0.3, -0.25) is 0 Å². The quantitative estimate of drug-likeness (QED) is 0.639. The van der Waals surface area contributed by atoms with E-state index in [2.05, 4.69) is 11.1 Å². The van der Waals surface area contributed by atoms with Gasteiger partial charge in [-0.05, 0) is 25.1 Å². The van der Waals surface area contributed by atoms with E-state index in [4.69, 9.17) is 20.4 Å². The number of nitrogens with zero attached hydrogens (tertiary/aromatic N) is 1. The monoisotopic (exact) mass is 247 g/mol. The highest BCUT2D eigenvalue weighted by molar-refractivity contribution is 6.17. The summed E-state index contributed by atoms with van der Waals surface area (Å²) >= 11 is 5.78. The number of hydrogen-bond acceptors (Lipinski definition) is 3. The number of oxazole rings is 1. The molecule has 0 aliphatic carbocycles. The first-order valence-corrected chi connectivity index (χ1v) is 5.80. The number of benzene rings is 1. The zero-order chi connectivity index (χ0) is 11.8. The van der Waals surface area contributed by atoms with Gasteiger partial charge in [0.25, 0.3) is 0 Å². The first-order chi connectivity index (χ1) is 8.28. The molecule has 0 aliphatic rings. The Kier molecular flexibility index (Phi) is 2.41. The third kappa shape index (κ3) is 1.72. The highest BCUT2D eigenvalue weighted by Gasteiger charge is 2.14. The molecule has 2 aromatic heterocycles. The van der Waals surface area contributed by atoms with Crippen LogP contribution in [-0.2, 0) is 5.88 Å². The van der Waals surface area contributed by atoms with Crippen molar-refractivity contribution in [1.82, 2.24) is 4.98 Å². The second-order valence-electron chi connectivity index (χ2n) is 3.91. The lowest BCUT2D eigenvalue weighted by molar-refractivity contribution is 0.536. The summed E-state index contributed by atoms with van der Waals surface area (Å²) in [4.78, 5) is 4.04. The minimum Gasteiger partial charge on any atom is -0.453 e. The van der Waals surface area contributed by atoms with Crippen molar-refractivity contribution in [3.63, 3.8) is 0 Å². The lowest BCUT2D eigenvalue weighted by atomic mass is 10.2. The lowest BCUT2D eigenvalue weighted by Crippen LogP contribution is -1.79. The summed E-state index contributed by atoms with van der Waals surface area (Å²) in [6, 6.07) is 7.97. The lowest BCUT2D eigenvalue weighted by Gasteiger charge is -1.91. The Balaban J connectivity index is 2.18. The molecular formula is C13H10ClNO2. The molecule has 3 rings (SSSR count). The van der Waals surface area contributed by atoms with Gasteiger partial charge in [0.05, 0.1) is 5.88 Å². The first kappa shape index (κ1) is 10.4. The van der Waals surface area contributed by atoms with Crippen LogP contribution in [0.25, 0.3) is 22.5 Å². The van der Waals surface area contributed by atoms with Crippen LogP contribution in [0.1, 0.15) is 11.3 Å². The smallest absolute Gasteiger partial charge is 0.194 e. The topological polar surface area (TPSA) is 39.2 Å². The Morgan fingerprint density at radius 3 is 3.00 bits per heavy atom. The molecule has 0 unspecified atom stereocenters. The largest absolute Gasteiger partial charge is 0.453 e. The van der Waals surface area contributed by atoms with Gasteiger partial charge >= 0.3 is 0 Å². The first-order valence-electron chi connectivity index (χ1n) is 5.27. The van der Waals surface area contributed by atoms with Gasteiger partial charge in [0.15, 0.2) is 17.9 Å². The van der Waals surface area contributed by atoms with Crippen molar-refractivity contribution >= 4 is 22.6 Å². The Bertz CT molecular complexity index is 669. The summed E-state index contributed by atoms with van der Waals surface area (Å²) in [7, 11) is 0. The van der Waals surface area contributed by atoms with E-state index in [0.29, 0.717) is 23.1 Å². The van der Waals surface area contributed by atoms with Crippen LogP contribution in [0, 0.1) is 6.92 Å². The predicted molar refractivity (Wildman–Crippen MR) is 66.0 cm³/mol. The van der Waals surface area contributed by atoms with Gasteiger partial charge < -0.3 is 8.83 Å². The van der Waals surface area contributed by atoms with Crippen LogP contribution in [0.15, 0.2) is 39.5 Å². The van der Waals surface area contributed by atoms with Crippen LogP contribution >= 0.6 is 11.6 Å². The van der Waals surface area contributed by atoms with Crippen LogP contribution in [0.2, 0.25) is 0 Å². The molecule has 0 saturated carbocycles. The van der Waals surface area contributed by atoms with E-state index < -0.39 is 0 Å². The molecule has 0 bridgehead atoms. The number of furan rings is 1. The van der Waals surface area contributed by atoms with Crippen molar-refractivity contribution in [2.45, 2.75) is 12.8 Å². The van der Waals surface area contributed by atoms with Gasteiger partial charge in [-0.15, -0.1) is 11.6 Å². The molecule has 0 amide bonds. The molecule has 1 aromatic carbocycles. The van der Waals surface area contributed by atoms with E-state index in [1.165, 1.54) is 12.0 Å². The van der Waals surface area contributed by atoms with Crippen molar-refractivity contribution in [2.75, 3.05) is 0 Å². The van der Waals surface area contributed by atoms with Gasteiger partial charge in [0.2, 0.25) is 0 Å². The van der Waals surface area contributed by atoms with Gasteiger partial charge in [-0.2, -0.15) is 0 Å². The van der Waals surface area contributed by atoms with Crippen LogP contribution in [0.5, 0.6) is 0 Å². The van der Waals surface area contributed by atoms with Crippen LogP contribution < -0.4 is 0 Å². The summed E-state index contributed by atoms with van der Waals surface area (Å²) < 4.78 is 11.0. The van der Waals surface area contributed by atoms with Gasteiger partial charge in [0.1, 0.15) is 11.3 Å². The number of hydrogen-bond donors (Lipinski definition) is 0. The van der Waals surface area contributed by atoms with E-state index in [1.807, 2.05) is 25.1 Å². The number of halogens is 1. The van der Waals surface area contributed by atoms with Crippen LogP contribution in [0.4, 0.5) is 0 Å². The van der Waals surface area contributed by atoms with Crippen molar-refractivity contribution in [3.05, 3.63) is 41.9 Å². The van der Waals surface area contributed by atoms with Crippen molar-refractivity contribution in [2.24, 2.45) is 0 Å². The molecular weight excluding hydrogens is 238 g/mol. The predicted octanol–water partition coefficient (Wildman–Crippen LogP) is 4.14. The maximum Gasteiger partial charge on any atom is 0.194 e. The molecule has 0 N–H and O–H groups in total. The second kappa shape index (κ2) is 3.93. The SMILES string of the molecule is Cc1ccc2oc(-c3ocnc3CCl)cc2c1. The maximum atomic E-state index is 5.78. The Morgan fingerprint density at radius 1 is 1.29 bits per heavy atom. The fourth-order valence-corrected chi connectivity index (χ4v) is 2.03. The summed E-state index contributed by atoms with van der Waals surface area (Å²) in [5, 5.41) is 1.05. The molecule has 17 heavy (non-hydrogen) atoms. The second-order valence-corrected chi connectivity index (χ2v) is 4.18. The van der Waals surface area contributed by atoms with Crippen molar-refractivity contribution < 1.29 is 8.83 Å². The van der Waals surface area contributed by atoms with Crippen molar-refractivity contribution in [1.29, 1.82) is 0 Å². The number of rotatable bonds is 2. The van der Waals surface area contributed by atoms with E-state index in [-0.39, 0.29) is 0 Å². The Labute approximate surface area is 103 Å². The zero-order valence-electron chi connectivity index (χ0n) is 9.24. The van der Waals surface area contributed by atoms with Gasteiger partial charge in [0, 0.05) is 5.39 Å². The molecule has 0 saturated heterocycles. The number of alkyl halides is 1. The third-order valence-corrected chi connectivity index (χ3v) is 2.92. The minimum absolute atomic E-state index is 0.307. The summed E-state index contributed by atoms with van der Waals surface area (Å²) in [5.74, 6) is 1.58. The molecule has 3 aromatic rings. The summed E-state index contributed by atoms with van der Waals surface area (Å²) in [5.41, 5.74) is 2.73. The molecule has 0 spiro atoms. The molecule has 2 heterocycles. The molecule has 3 nitrogen and oxygen atoms in total. The molecule has 86 valence electrons. The standard InChI is InChI=1S/C13H10ClNO2/c1-8-2-3-11-9(4-8)5-12(17-11)13-10(6-14)15-7-16-13/h2-5,7H,6H2,1H3. The van der Waals surface area contributed by atoms with Crippen LogP contribution in [0.3, 0.4) is 0 Å². The molecule has 0 atom stereocenters. The van der Waals surface area contributed by atoms with Gasteiger partial charge in [-0.1, -0.05) is 11.6 Å². The third-order valence-electron chi connectivity index (χ3n) is 2.66. The van der Waals surface area contributed by atoms with E-state index in [1.54, 1.807) is 0 Å². The average Bonchev–Trinajstić information content (AvgIpc) is 2.93. The summed E-state index contributed by atoms with van der Waals surface area (Å²) in [6.07, 6.45) is 1.38. The van der Waals surface area contributed by atoms with Crippen LogP contribution in [-0.4, -0.2) is 4.98 Å². The molecule has 0 fully saturated rings.